The molecule has 2 aromatic carbocycles. The topological polar surface area (TPSA) is 60.0 Å². The number of anilines is 1. The Bertz CT molecular complexity index is 821. The fourth-order valence-corrected chi connectivity index (χ4v) is 3.44. The fraction of sp³-hybridized carbons (Fsp3) is 0.391. The van der Waals surface area contributed by atoms with Crippen LogP contribution in [0.4, 0.5) is 10.5 Å². The first-order valence-corrected chi connectivity index (χ1v) is 10.3. The highest BCUT2D eigenvalue weighted by atomic mass is 127. The lowest BCUT2D eigenvalue weighted by atomic mass is 10.2. The lowest BCUT2D eigenvalue weighted by Gasteiger charge is -2.22. The van der Waals surface area contributed by atoms with Crippen LogP contribution in [0.5, 0.6) is 0 Å². The van der Waals surface area contributed by atoms with E-state index in [2.05, 4.69) is 46.7 Å². The summed E-state index contributed by atoms with van der Waals surface area (Å²) in [6.45, 7) is 5.91. The maximum Gasteiger partial charge on any atom is 0.321 e. The zero-order valence-electron chi connectivity index (χ0n) is 17.8. The number of amides is 2. The van der Waals surface area contributed by atoms with Crippen molar-refractivity contribution in [2.75, 3.05) is 32.0 Å². The Morgan fingerprint density at radius 2 is 1.77 bits per heavy atom. The van der Waals surface area contributed by atoms with E-state index in [0.717, 1.165) is 56.2 Å². The average Bonchev–Trinajstić information content (AvgIpc) is 3.27. The van der Waals surface area contributed by atoms with Gasteiger partial charge >= 0.3 is 6.03 Å². The summed E-state index contributed by atoms with van der Waals surface area (Å²) in [7, 11) is 2.04. The Labute approximate surface area is 196 Å². The minimum Gasteiger partial charge on any atom is -0.357 e. The van der Waals surface area contributed by atoms with Crippen molar-refractivity contribution in [2.45, 2.75) is 32.9 Å². The van der Waals surface area contributed by atoms with Gasteiger partial charge < -0.3 is 20.4 Å². The zero-order valence-corrected chi connectivity index (χ0v) is 20.1. The van der Waals surface area contributed by atoms with E-state index in [1.54, 1.807) is 0 Å². The third-order valence-corrected chi connectivity index (χ3v) is 4.94. The van der Waals surface area contributed by atoms with Gasteiger partial charge in [-0.15, -0.1) is 24.0 Å². The van der Waals surface area contributed by atoms with Gasteiger partial charge in [0.2, 0.25) is 0 Å². The lowest BCUT2D eigenvalue weighted by Crippen LogP contribution is -2.38. The molecule has 0 aromatic heterocycles. The van der Waals surface area contributed by atoms with Crippen molar-refractivity contribution < 1.29 is 4.79 Å². The van der Waals surface area contributed by atoms with Gasteiger partial charge in [-0.05, 0) is 43.0 Å². The van der Waals surface area contributed by atoms with Gasteiger partial charge in [0.1, 0.15) is 0 Å². The van der Waals surface area contributed by atoms with E-state index in [-0.39, 0.29) is 30.0 Å². The van der Waals surface area contributed by atoms with Crippen LogP contribution in [0.25, 0.3) is 0 Å². The van der Waals surface area contributed by atoms with Crippen molar-refractivity contribution in [2.24, 2.45) is 4.99 Å². The largest absolute Gasteiger partial charge is 0.357 e. The van der Waals surface area contributed by atoms with Gasteiger partial charge in [0.05, 0.1) is 6.54 Å². The van der Waals surface area contributed by atoms with Crippen LogP contribution in [-0.4, -0.2) is 48.5 Å². The highest BCUT2D eigenvalue weighted by Crippen LogP contribution is 2.15. The molecule has 7 heteroatoms. The molecule has 30 heavy (non-hydrogen) atoms. The number of hydrogen-bond acceptors (Lipinski definition) is 2. The van der Waals surface area contributed by atoms with E-state index in [1.807, 2.05) is 42.3 Å². The van der Waals surface area contributed by atoms with Crippen molar-refractivity contribution >= 4 is 41.7 Å². The summed E-state index contributed by atoms with van der Waals surface area (Å²) < 4.78 is 0. The number of aliphatic imine (C=N–C) groups is 1. The molecule has 2 amide bonds. The summed E-state index contributed by atoms with van der Waals surface area (Å²) in [5.41, 5.74) is 3.12. The minimum atomic E-state index is -0.0147. The van der Waals surface area contributed by atoms with Crippen molar-refractivity contribution in [1.82, 2.24) is 15.1 Å². The number of nitrogens with one attached hydrogen (secondary N) is 2. The number of nitrogens with zero attached hydrogens (tertiary/aromatic N) is 3. The fourth-order valence-electron chi connectivity index (χ4n) is 3.44. The molecule has 3 rings (SSSR count). The number of halogens is 1. The number of hydrogen-bond donors (Lipinski definition) is 2. The van der Waals surface area contributed by atoms with Crippen molar-refractivity contribution in [3.8, 4) is 0 Å². The van der Waals surface area contributed by atoms with E-state index in [9.17, 15) is 4.79 Å². The molecule has 6 nitrogen and oxygen atoms in total. The molecule has 1 aliphatic heterocycles. The number of benzene rings is 2. The normalized spacial score (nSPS) is 13.5. The van der Waals surface area contributed by atoms with E-state index in [4.69, 9.17) is 4.99 Å². The van der Waals surface area contributed by atoms with Crippen LogP contribution in [0.2, 0.25) is 0 Å². The van der Waals surface area contributed by atoms with Crippen LogP contribution in [0, 0.1) is 0 Å². The van der Waals surface area contributed by atoms with Gasteiger partial charge in [0.25, 0.3) is 0 Å². The van der Waals surface area contributed by atoms with E-state index in [1.165, 1.54) is 5.56 Å². The van der Waals surface area contributed by atoms with Gasteiger partial charge in [-0.1, -0.05) is 42.5 Å². The lowest BCUT2D eigenvalue weighted by molar-refractivity contribution is 0.222. The summed E-state index contributed by atoms with van der Waals surface area (Å²) in [6.07, 6.45) is 2.18. The van der Waals surface area contributed by atoms with Crippen molar-refractivity contribution in [1.29, 1.82) is 0 Å². The summed E-state index contributed by atoms with van der Waals surface area (Å²) in [5.74, 6) is 0.864. The standard InChI is InChI=1S/C23H31N5O.HI/c1-3-24-22(27(2)18-19-10-5-4-6-11-19)25-17-20-12-9-13-21(16-20)26-23(29)28-14-7-8-15-28;/h4-6,9-13,16H,3,7-8,14-15,17-18H2,1-2H3,(H,24,25)(H,26,29);1H. The van der Waals surface area contributed by atoms with E-state index in [0.29, 0.717) is 6.54 Å². The number of urea groups is 1. The highest BCUT2D eigenvalue weighted by molar-refractivity contribution is 14.0. The highest BCUT2D eigenvalue weighted by Gasteiger charge is 2.17. The number of carbonyl (C=O) groups excluding carboxylic acids is 1. The van der Waals surface area contributed by atoms with Crippen LogP contribution in [0.3, 0.4) is 0 Å². The zero-order chi connectivity index (χ0) is 20.5. The summed E-state index contributed by atoms with van der Waals surface area (Å²) in [5, 5.41) is 6.36. The molecule has 0 saturated carbocycles. The molecule has 1 fully saturated rings. The van der Waals surface area contributed by atoms with Gasteiger partial charge in [0, 0.05) is 38.9 Å². The third kappa shape index (κ3) is 7.19. The molecular formula is C23H32IN5O. The van der Waals surface area contributed by atoms with Crippen LogP contribution in [-0.2, 0) is 13.1 Å². The number of likely N-dealkylation sites (tertiary alicyclic amines) is 1. The SMILES string of the molecule is CCNC(=NCc1cccc(NC(=O)N2CCCC2)c1)N(C)Cc1ccccc1.I. The van der Waals surface area contributed by atoms with Crippen molar-refractivity contribution in [3.63, 3.8) is 0 Å². The molecule has 1 aliphatic rings. The molecule has 0 radical (unpaired) electrons. The molecule has 1 saturated heterocycles. The van der Waals surface area contributed by atoms with E-state index >= 15 is 0 Å². The first kappa shape index (κ1) is 24.0. The first-order valence-electron chi connectivity index (χ1n) is 10.3. The third-order valence-electron chi connectivity index (χ3n) is 4.94. The van der Waals surface area contributed by atoms with Gasteiger partial charge in [-0.3, -0.25) is 0 Å². The summed E-state index contributed by atoms with van der Waals surface area (Å²) in [4.78, 5) is 21.1. The Morgan fingerprint density at radius 1 is 1.07 bits per heavy atom. The predicted octanol–water partition coefficient (Wildman–Crippen LogP) is 4.53. The second-order valence-electron chi connectivity index (χ2n) is 7.34. The Kier molecular flexibility index (Phi) is 9.93. The van der Waals surface area contributed by atoms with Crippen LogP contribution < -0.4 is 10.6 Å². The monoisotopic (exact) mass is 521 g/mol. The Balaban J connectivity index is 0.00000320. The average molecular weight is 521 g/mol. The minimum absolute atomic E-state index is 0. The van der Waals surface area contributed by atoms with Crippen LogP contribution >= 0.6 is 24.0 Å². The number of guanidine groups is 1. The van der Waals surface area contributed by atoms with Gasteiger partial charge in [-0.25, -0.2) is 9.79 Å². The summed E-state index contributed by atoms with van der Waals surface area (Å²) >= 11 is 0. The first-order chi connectivity index (χ1) is 14.2. The van der Waals surface area contributed by atoms with Gasteiger partial charge in [-0.2, -0.15) is 0 Å². The Morgan fingerprint density at radius 3 is 2.47 bits per heavy atom. The quantitative estimate of drug-likeness (QED) is 0.334. The van der Waals surface area contributed by atoms with Gasteiger partial charge in [0.15, 0.2) is 5.96 Å². The molecule has 0 bridgehead atoms. The molecule has 0 aliphatic carbocycles. The molecule has 2 N–H and O–H groups in total. The van der Waals surface area contributed by atoms with E-state index < -0.39 is 0 Å². The second kappa shape index (κ2) is 12.4. The maximum atomic E-state index is 12.3. The molecule has 0 unspecified atom stereocenters. The molecule has 0 atom stereocenters. The molecule has 1 heterocycles. The van der Waals surface area contributed by atoms with Crippen molar-refractivity contribution in [3.05, 3.63) is 65.7 Å². The molecular weight excluding hydrogens is 489 g/mol. The number of carbonyl (C=O) groups is 1. The molecule has 2 aromatic rings. The summed E-state index contributed by atoms with van der Waals surface area (Å²) in [6, 6.07) is 18.3. The Hall–Kier alpha value is -2.29. The molecule has 162 valence electrons. The second-order valence-corrected chi connectivity index (χ2v) is 7.34. The van der Waals surface area contributed by atoms with Crippen LogP contribution in [0.15, 0.2) is 59.6 Å². The predicted molar refractivity (Wildman–Crippen MR) is 134 cm³/mol. The molecule has 0 spiro atoms. The maximum absolute atomic E-state index is 12.3. The number of rotatable bonds is 6. The van der Waals surface area contributed by atoms with Crippen LogP contribution in [0.1, 0.15) is 30.9 Å². The smallest absolute Gasteiger partial charge is 0.321 e.